The van der Waals surface area contributed by atoms with E-state index in [4.69, 9.17) is 4.42 Å². The monoisotopic (exact) mass is 488 g/mol. The number of hydrogen-bond acceptors (Lipinski definition) is 5. The van der Waals surface area contributed by atoms with Crippen molar-refractivity contribution in [3.05, 3.63) is 47.5 Å². The second-order valence-corrected chi connectivity index (χ2v) is 6.51. The molecule has 0 spiro atoms. The van der Waals surface area contributed by atoms with Gasteiger partial charge in [-0.3, -0.25) is 0 Å². The molecule has 0 amide bonds. The Hall–Kier alpha value is -1.88. The van der Waals surface area contributed by atoms with Gasteiger partial charge in [0.15, 0.2) is 11.8 Å². The predicted octanol–water partition coefficient (Wildman–Crippen LogP) is 2.08. The zero-order chi connectivity index (χ0) is 19.3. The third-order valence-corrected chi connectivity index (χ3v) is 4.20. The summed E-state index contributed by atoms with van der Waals surface area (Å²) in [6.07, 6.45) is 1.74. The lowest BCUT2D eigenvalue weighted by Crippen LogP contribution is -2.44. The molecule has 0 saturated carbocycles. The average Bonchev–Trinajstić information content (AvgIpc) is 3.09. The molecule has 1 atom stereocenters. The largest absolute Gasteiger partial charge is 0.466 e. The topological polar surface area (TPSA) is 100 Å². The first-order valence-corrected chi connectivity index (χ1v) is 8.52. The maximum atomic E-state index is 10.8. The minimum Gasteiger partial charge on any atom is -0.466 e. The fraction of sp³-hybridized carbons (Fsp3) is 0.500. The van der Waals surface area contributed by atoms with Gasteiger partial charge in [-0.1, -0.05) is 6.08 Å². The van der Waals surface area contributed by atoms with Crippen molar-refractivity contribution in [2.24, 2.45) is 12.0 Å². The molecule has 8 nitrogen and oxygen atoms in total. The summed E-state index contributed by atoms with van der Waals surface area (Å²) in [5, 5.41) is 25.3. The van der Waals surface area contributed by atoms with Crippen molar-refractivity contribution >= 4 is 29.9 Å². The molecule has 0 bridgehead atoms. The highest BCUT2D eigenvalue weighted by atomic mass is 127. The van der Waals surface area contributed by atoms with Gasteiger partial charge in [-0.05, 0) is 33.8 Å². The Morgan fingerprint density at radius 2 is 2.07 bits per heavy atom. The average molecular weight is 488 g/mol. The Kier molecular flexibility index (Phi) is 8.48. The Labute approximate surface area is 177 Å². The Morgan fingerprint density at radius 3 is 2.59 bits per heavy atom. The zero-order valence-electron chi connectivity index (χ0n) is 16.5. The van der Waals surface area contributed by atoms with Crippen LogP contribution in [0, 0.1) is 20.8 Å². The Balaban J connectivity index is 0.00000364. The molecule has 2 aromatic heterocycles. The van der Waals surface area contributed by atoms with Crippen LogP contribution in [0.1, 0.15) is 35.7 Å². The summed E-state index contributed by atoms with van der Waals surface area (Å²) in [7, 11) is 1.90. The van der Waals surface area contributed by atoms with Crippen LogP contribution in [0.2, 0.25) is 0 Å². The first-order valence-electron chi connectivity index (χ1n) is 8.52. The molecule has 1 unspecified atom stereocenters. The normalized spacial score (nSPS) is 13.6. The van der Waals surface area contributed by atoms with E-state index in [2.05, 4.69) is 32.4 Å². The first kappa shape index (κ1) is 23.2. The number of hydrogen-bond donors (Lipinski definition) is 3. The smallest absolute Gasteiger partial charge is 0.192 e. The molecule has 0 aliphatic rings. The number of nitrogens with zero attached hydrogens (tertiary/aromatic N) is 4. The van der Waals surface area contributed by atoms with E-state index in [-0.39, 0.29) is 30.5 Å². The number of aliphatic hydroxyl groups is 1. The maximum Gasteiger partial charge on any atom is 0.192 e. The minimum absolute atomic E-state index is 0. The molecule has 0 aliphatic heterocycles. The Bertz CT molecular complexity index is 794. The summed E-state index contributed by atoms with van der Waals surface area (Å²) in [5.74, 6) is 3.63. The van der Waals surface area contributed by atoms with E-state index >= 15 is 0 Å². The van der Waals surface area contributed by atoms with Gasteiger partial charge >= 0.3 is 0 Å². The van der Waals surface area contributed by atoms with Gasteiger partial charge in [0.1, 0.15) is 29.5 Å². The van der Waals surface area contributed by atoms with Crippen molar-refractivity contribution in [3.8, 4) is 0 Å². The third kappa shape index (κ3) is 6.06. The molecule has 0 saturated heterocycles. The van der Waals surface area contributed by atoms with Crippen molar-refractivity contribution in [3.63, 3.8) is 0 Å². The van der Waals surface area contributed by atoms with Crippen LogP contribution in [-0.2, 0) is 19.2 Å². The summed E-state index contributed by atoms with van der Waals surface area (Å²) in [6.45, 7) is 12.2. The standard InChI is InChI=1S/C18H28N6O2.HI/c1-7-8-19-17(20-10-16-23-22-14(4)24(16)6)21-11-18(5,25)15-9-12(2)26-13(15)3;/h7,9,25H,1,8,10-11H2,2-6H3,(H2,19,20,21);1H. The van der Waals surface area contributed by atoms with E-state index in [1.807, 2.05) is 38.5 Å². The van der Waals surface area contributed by atoms with Crippen molar-refractivity contribution in [2.45, 2.75) is 39.8 Å². The summed E-state index contributed by atoms with van der Waals surface area (Å²) >= 11 is 0. The van der Waals surface area contributed by atoms with E-state index < -0.39 is 5.60 Å². The van der Waals surface area contributed by atoms with Gasteiger partial charge in [-0.25, -0.2) is 4.99 Å². The highest BCUT2D eigenvalue weighted by molar-refractivity contribution is 14.0. The molecular formula is C18H29IN6O2. The van der Waals surface area contributed by atoms with Gasteiger partial charge in [0.2, 0.25) is 0 Å². The molecular weight excluding hydrogens is 459 g/mol. The lowest BCUT2D eigenvalue weighted by Gasteiger charge is -2.24. The van der Waals surface area contributed by atoms with E-state index in [9.17, 15) is 5.11 Å². The van der Waals surface area contributed by atoms with E-state index in [1.54, 1.807) is 13.0 Å². The molecule has 2 aromatic rings. The second kappa shape index (κ2) is 9.88. The number of aliphatic imine (C=N–C) groups is 1. The highest BCUT2D eigenvalue weighted by Crippen LogP contribution is 2.26. The molecule has 150 valence electrons. The second-order valence-electron chi connectivity index (χ2n) is 6.51. The van der Waals surface area contributed by atoms with E-state index in [0.717, 1.165) is 23.0 Å². The van der Waals surface area contributed by atoms with Crippen molar-refractivity contribution in [1.29, 1.82) is 0 Å². The molecule has 3 N–H and O–H groups in total. The van der Waals surface area contributed by atoms with Crippen LogP contribution in [0.3, 0.4) is 0 Å². The van der Waals surface area contributed by atoms with Gasteiger partial charge < -0.3 is 24.7 Å². The lowest BCUT2D eigenvalue weighted by molar-refractivity contribution is 0.0602. The van der Waals surface area contributed by atoms with Crippen molar-refractivity contribution in [2.75, 3.05) is 13.1 Å². The quantitative estimate of drug-likeness (QED) is 0.239. The maximum absolute atomic E-state index is 10.8. The van der Waals surface area contributed by atoms with Gasteiger partial charge in [0.05, 0.1) is 6.54 Å². The molecule has 2 heterocycles. The number of aromatic nitrogens is 3. The highest BCUT2D eigenvalue weighted by Gasteiger charge is 2.27. The molecule has 0 radical (unpaired) electrons. The van der Waals surface area contributed by atoms with Gasteiger partial charge in [0, 0.05) is 19.2 Å². The first-order chi connectivity index (χ1) is 12.2. The van der Waals surface area contributed by atoms with Gasteiger partial charge in [-0.2, -0.15) is 0 Å². The molecule has 27 heavy (non-hydrogen) atoms. The van der Waals surface area contributed by atoms with E-state index in [0.29, 0.717) is 24.8 Å². The summed E-state index contributed by atoms with van der Waals surface area (Å²) < 4.78 is 7.42. The molecule has 0 fully saturated rings. The molecule has 9 heteroatoms. The van der Waals surface area contributed by atoms with Crippen LogP contribution in [0.5, 0.6) is 0 Å². The number of aryl methyl sites for hydroxylation is 3. The van der Waals surface area contributed by atoms with Crippen LogP contribution in [-0.4, -0.2) is 38.9 Å². The fourth-order valence-electron chi connectivity index (χ4n) is 2.60. The SMILES string of the molecule is C=CCNC(=NCc1nnc(C)n1C)NCC(C)(O)c1cc(C)oc1C.I. The van der Waals surface area contributed by atoms with Crippen LogP contribution < -0.4 is 10.6 Å². The fourth-order valence-corrected chi connectivity index (χ4v) is 2.60. The third-order valence-electron chi connectivity index (χ3n) is 4.20. The van der Waals surface area contributed by atoms with Crippen molar-refractivity contribution < 1.29 is 9.52 Å². The minimum atomic E-state index is -1.10. The van der Waals surface area contributed by atoms with Crippen molar-refractivity contribution in [1.82, 2.24) is 25.4 Å². The van der Waals surface area contributed by atoms with E-state index in [1.165, 1.54) is 0 Å². The predicted molar refractivity (Wildman–Crippen MR) is 116 cm³/mol. The van der Waals surface area contributed by atoms with Crippen LogP contribution >= 0.6 is 24.0 Å². The van der Waals surface area contributed by atoms with Crippen LogP contribution in [0.4, 0.5) is 0 Å². The van der Waals surface area contributed by atoms with Gasteiger partial charge in [-0.15, -0.1) is 40.8 Å². The zero-order valence-corrected chi connectivity index (χ0v) is 18.9. The number of rotatable bonds is 7. The van der Waals surface area contributed by atoms with Crippen LogP contribution in [0.15, 0.2) is 28.1 Å². The summed E-state index contributed by atoms with van der Waals surface area (Å²) in [6, 6.07) is 1.85. The number of furan rings is 1. The molecule has 0 aliphatic carbocycles. The number of halogens is 1. The molecule has 2 rings (SSSR count). The lowest BCUT2D eigenvalue weighted by atomic mass is 9.96. The number of guanidine groups is 1. The summed E-state index contributed by atoms with van der Waals surface area (Å²) in [4.78, 5) is 4.52. The number of nitrogens with one attached hydrogen (secondary N) is 2. The van der Waals surface area contributed by atoms with Crippen LogP contribution in [0.25, 0.3) is 0 Å². The Morgan fingerprint density at radius 1 is 1.37 bits per heavy atom. The van der Waals surface area contributed by atoms with Gasteiger partial charge in [0.25, 0.3) is 0 Å². The molecule has 0 aromatic carbocycles. The summed E-state index contributed by atoms with van der Waals surface area (Å²) in [5.41, 5.74) is -0.339.